The molecule has 1 amide bonds. The molecule has 2 N–H and O–H groups in total. The zero-order chi connectivity index (χ0) is 20.7. The van der Waals surface area contributed by atoms with Crippen LogP contribution in [0.15, 0.2) is 18.7 Å². The zero-order valence-corrected chi connectivity index (χ0v) is 18.0. The molecule has 0 atom stereocenters. The summed E-state index contributed by atoms with van der Waals surface area (Å²) in [6.45, 7) is 5.26. The summed E-state index contributed by atoms with van der Waals surface area (Å²) in [5.74, 6) is 4.42. The number of rotatable bonds is 7. The van der Waals surface area contributed by atoms with E-state index in [0.717, 1.165) is 40.8 Å². The number of hydrogen-bond acceptors (Lipinski definition) is 5. The fraction of sp³-hybridized carbons (Fsp3) is 0.652. The van der Waals surface area contributed by atoms with Crippen molar-refractivity contribution in [2.45, 2.75) is 58.8 Å². The molecule has 4 fully saturated rings. The number of aromatic nitrogens is 4. The minimum absolute atomic E-state index is 0.214. The fourth-order valence-electron chi connectivity index (χ4n) is 6.61. The molecule has 6 rings (SSSR count). The van der Waals surface area contributed by atoms with Gasteiger partial charge in [0, 0.05) is 31.3 Å². The Balaban J connectivity index is 1.11. The van der Waals surface area contributed by atoms with Crippen LogP contribution in [0.1, 0.15) is 56.3 Å². The summed E-state index contributed by atoms with van der Waals surface area (Å²) in [4.78, 5) is 25.6. The van der Waals surface area contributed by atoms with E-state index in [9.17, 15) is 4.79 Å². The maximum atomic E-state index is 12.6. The Morgan fingerprint density at radius 2 is 1.77 bits per heavy atom. The highest BCUT2D eigenvalue weighted by Crippen LogP contribution is 2.61. The van der Waals surface area contributed by atoms with Crippen molar-refractivity contribution in [3.8, 4) is 5.82 Å². The lowest BCUT2D eigenvalue weighted by Gasteiger charge is -2.56. The summed E-state index contributed by atoms with van der Waals surface area (Å²) in [6.07, 6.45) is 12.1. The second-order valence-electron chi connectivity index (χ2n) is 9.92. The highest BCUT2D eigenvalue weighted by Gasteiger charge is 2.51. The second kappa shape index (κ2) is 7.67. The molecule has 4 aliphatic carbocycles. The van der Waals surface area contributed by atoms with Gasteiger partial charge in [-0.25, -0.2) is 15.0 Å². The van der Waals surface area contributed by atoms with Crippen molar-refractivity contribution in [3.05, 3.63) is 30.1 Å². The largest absolute Gasteiger partial charge is 0.368 e. The maximum absolute atomic E-state index is 12.6. The molecule has 0 spiro atoms. The smallest absolute Gasteiger partial charge is 0.220 e. The van der Waals surface area contributed by atoms with E-state index in [2.05, 4.69) is 25.6 Å². The standard InChI is InChI=1S/C23H32N6O/c1-15-16(2)29(14-28-15)21-8-20(26-13-27-21)24-3-4-25-22(30)12-23-9-17-5-18(10-23)7-19(6-17)11-23/h8,13-14,17-19H,3-7,9-12H2,1-2H3,(H,25,30)(H,24,26,27). The second-order valence-corrected chi connectivity index (χ2v) is 9.92. The summed E-state index contributed by atoms with van der Waals surface area (Å²) in [5.41, 5.74) is 2.36. The van der Waals surface area contributed by atoms with Crippen molar-refractivity contribution in [1.29, 1.82) is 0 Å². The van der Waals surface area contributed by atoms with Crippen molar-refractivity contribution in [2.24, 2.45) is 23.2 Å². The van der Waals surface area contributed by atoms with Gasteiger partial charge in [0.15, 0.2) is 0 Å². The summed E-state index contributed by atoms with van der Waals surface area (Å²) < 4.78 is 1.95. The third-order valence-electron chi connectivity index (χ3n) is 7.61. The number of hydrogen-bond donors (Lipinski definition) is 2. The lowest BCUT2D eigenvalue weighted by Crippen LogP contribution is -2.48. The Hall–Kier alpha value is -2.44. The van der Waals surface area contributed by atoms with Gasteiger partial charge in [0.05, 0.1) is 5.69 Å². The Kier molecular flexibility index (Phi) is 4.99. The lowest BCUT2D eigenvalue weighted by molar-refractivity contribution is -0.129. The number of anilines is 1. The molecule has 4 aliphatic rings. The molecule has 0 saturated heterocycles. The van der Waals surface area contributed by atoms with Gasteiger partial charge in [-0.3, -0.25) is 9.36 Å². The minimum atomic E-state index is 0.214. The molecule has 2 aromatic rings. The number of carbonyl (C=O) groups is 1. The Morgan fingerprint density at radius 3 is 2.40 bits per heavy atom. The molecule has 7 nitrogen and oxygen atoms in total. The Labute approximate surface area is 178 Å². The van der Waals surface area contributed by atoms with Crippen LogP contribution in [0, 0.1) is 37.0 Å². The van der Waals surface area contributed by atoms with E-state index in [1.54, 1.807) is 12.7 Å². The van der Waals surface area contributed by atoms with Gasteiger partial charge in [-0.2, -0.15) is 0 Å². The van der Waals surface area contributed by atoms with E-state index in [-0.39, 0.29) is 5.91 Å². The first-order valence-corrected chi connectivity index (χ1v) is 11.3. The van der Waals surface area contributed by atoms with Crippen molar-refractivity contribution < 1.29 is 4.79 Å². The van der Waals surface area contributed by atoms with Crippen LogP contribution in [0.25, 0.3) is 5.82 Å². The van der Waals surface area contributed by atoms with Gasteiger partial charge >= 0.3 is 0 Å². The van der Waals surface area contributed by atoms with Crippen LogP contribution in [0.5, 0.6) is 0 Å². The van der Waals surface area contributed by atoms with Crippen molar-refractivity contribution in [1.82, 2.24) is 24.8 Å². The van der Waals surface area contributed by atoms with Crippen LogP contribution in [0.2, 0.25) is 0 Å². The van der Waals surface area contributed by atoms with E-state index >= 15 is 0 Å². The van der Waals surface area contributed by atoms with Crippen molar-refractivity contribution in [2.75, 3.05) is 18.4 Å². The van der Waals surface area contributed by atoms with Gasteiger partial charge in [0.25, 0.3) is 0 Å². The first kappa shape index (κ1) is 19.5. The first-order valence-electron chi connectivity index (χ1n) is 11.3. The third kappa shape index (κ3) is 3.82. The molecule has 0 radical (unpaired) electrons. The van der Waals surface area contributed by atoms with E-state index in [1.807, 2.05) is 24.5 Å². The lowest BCUT2D eigenvalue weighted by atomic mass is 9.49. The highest BCUT2D eigenvalue weighted by molar-refractivity contribution is 5.76. The summed E-state index contributed by atoms with van der Waals surface area (Å²) in [6, 6.07) is 1.91. The molecule has 2 heterocycles. The number of carbonyl (C=O) groups excluding carboxylic acids is 1. The number of amides is 1. The fourth-order valence-corrected chi connectivity index (χ4v) is 6.61. The van der Waals surface area contributed by atoms with E-state index < -0.39 is 0 Å². The van der Waals surface area contributed by atoms with Gasteiger partial charge in [-0.05, 0) is 75.5 Å². The number of nitrogens with one attached hydrogen (secondary N) is 2. The average Bonchev–Trinajstić information content (AvgIpc) is 3.03. The molecule has 4 bridgehead atoms. The average molecular weight is 409 g/mol. The molecule has 0 aromatic carbocycles. The molecule has 7 heteroatoms. The molecule has 0 aliphatic heterocycles. The number of nitrogens with zero attached hydrogens (tertiary/aromatic N) is 4. The SMILES string of the molecule is Cc1ncn(-c2cc(NCCNC(=O)CC34CC5CC(CC(C5)C3)C4)ncn2)c1C. The molecule has 4 saturated carbocycles. The van der Waals surface area contributed by atoms with E-state index in [1.165, 1.54) is 38.5 Å². The van der Waals surface area contributed by atoms with Gasteiger partial charge in [0.2, 0.25) is 5.91 Å². The van der Waals surface area contributed by atoms with Gasteiger partial charge in [-0.15, -0.1) is 0 Å². The van der Waals surface area contributed by atoms with Crippen molar-refractivity contribution in [3.63, 3.8) is 0 Å². The monoisotopic (exact) mass is 408 g/mol. The highest BCUT2D eigenvalue weighted by atomic mass is 16.1. The third-order valence-corrected chi connectivity index (χ3v) is 7.61. The molecular weight excluding hydrogens is 376 g/mol. The quantitative estimate of drug-likeness (QED) is 0.686. The summed E-state index contributed by atoms with van der Waals surface area (Å²) >= 11 is 0. The normalized spacial score (nSPS) is 29.2. The van der Waals surface area contributed by atoms with Crippen LogP contribution >= 0.6 is 0 Å². The Morgan fingerprint density at radius 1 is 1.07 bits per heavy atom. The molecule has 160 valence electrons. The predicted octanol–water partition coefficient (Wildman–Crippen LogP) is 3.41. The van der Waals surface area contributed by atoms with Crippen LogP contribution in [-0.4, -0.2) is 38.5 Å². The van der Waals surface area contributed by atoms with Crippen molar-refractivity contribution >= 4 is 11.7 Å². The van der Waals surface area contributed by atoms with Crippen LogP contribution < -0.4 is 10.6 Å². The Bertz CT molecular complexity index is 900. The summed E-state index contributed by atoms with van der Waals surface area (Å²) in [5, 5.41) is 6.42. The molecule has 30 heavy (non-hydrogen) atoms. The topological polar surface area (TPSA) is 84.7 Å². The molecule has 0 unspecified atom stereocenters. The van der Waals surface area contributed by atoms with Crippen LogP contribution in [-0.2, 0) is 4.79 Å². The van der Waals surface area contributed by atoms with Crippen LogP contribution in [0.4, 0.5) is 5.82 Å². The number of aryl methyl sites for hydroxylation is 1. The van der Waals surface area contributed by atoms with Crippen LogP contribution in [0.3, 0.4) is 0 Å². The van der Waals surface area contributed by atoms with E-state index in [0.29, 0.717) is 24.9 Å². The first-order chi connectivity index (χ1) is 14.5. The molecule has 2 aromatic heterocycles. The van der Waals surface area contributed by atoms with Gasteiger partial charge < -0.3 is 10.6 Å². The number of imidazole rings is 1. The van der Waals surface area contributed by atoms with Gasteiger partial charge in [-0.1, -0.05) is 0 Å². The molecular formula is C23H32N6O. The van der Waals surface area contributed by atoms with Gasteiger partial charge in [0.1, 0.15) is 24.3 Å². The summed E-state index contributed by atoms with van der Waals surface area (Å²) in [7, 11) is 0. The van der Waals surface area contributed by atoms with E-state index in [4.69, 9.17) is 0 Å². The predicted molar refractivity (Wildman–Crippen MR) is 115 cm³/mol. The zero-order valence-electron chi connectivity index (χ0n) is 18.0. The maximum Gasteiger partial charge on any atom is 0.220 e. The minimum Gasteiger partial charge on any atom is -0.368 e.